The van der Waals surface area contributed by atoms with Gasteiger partial charge in [0.1, 0.15) is 0 Å². The molecule has 0 heterocycles. The van der Waals surface area contributed by atoms with Crippen LogP contribution in [0.15, 0.2) is 11.6 Å². The Balaban J connectivity index is 1.51. The average Bonchev–Trinajstić information content (AvgIpc) is 3.04. The summed E-state index contributed by atoms with van der Waals surface area (Å²) < 4.78 is 0. The van der Waals surface area contributed by atoms with Crippen LogP contribution in [0.25, 0.3) is 0 Å². The number of aliphatic hydroxyl groups is 1. The predicted molar refractivity (Wildman–Crippen MR) is 124 cm³/mol. The quantitative estimate of drug-likeness (QED) is 0.536. The van der Waals surface area contributed by atoms with Crippen LogP contribution in [0.3, 0.4) is 0 Å². The molecule has 0 aromatic heterocycles. The molecule has 0 amide bonds. The maximum atomic E-state index is 12.1. The zero-order valence-electron chi connectivity index (χ0n) is 20.4. The molecular formula is C28H46O2. The Morgan fingerprint density at radius 1 is 1.00 bits per heavy atom. The number of rotatable bonds is 5. The predicted octanol–water partition coefficient (Wildman–Crippen LogP) is 6.81. The minimum absolute atomic E-state index is 0.163. The van der Waals surface area contributed by atoms with Gasteiger partial charge >= 0.3 is 0 Å². The largest absolute Gasteiger partial charge is 0.393 e. The second-order valence-corrected chi connectivity index (χ2v) is 12.6. The van der Waals surface area contributed by atoms with E-state index in [4.69, 9.17) is 0 Å². The third-order valence-corrected chi connectivity index (χ3v) is 11.0. The van der Waals surface area contributed by atoms with Crippen LogP contribution in [-0.4, -0.2) is 17.0 Å². The van der Waals surface area contributed by atoms with Crippen LogP contribution in [0.2, 0.25) is 0 Å². The molecule has 0 radical (unpaired) electrons. The lowest BCUT2D eigenvalue weighted by Gasteiger charge is -2.58. The van der Waals surface area contributed by atoms with Crippen molar-refractivity contribution in [3.05, 3.63) is 11.6 Å². The molecule has 170 valence electrons. The first kappa shape index (κ1) is 22.6. The van der Waals surface area contributed by atoms with Crippen LogP contribution in [0.1, 0.15) is 99.3 Å². The number of hydrogen-bond donors (Lipinski definition) is 1. The molecule has 0 saturated heterocycles. The highest BCUT2D eigenvalue weighted by Gasteiger charge is 2.59. The molecule has 0 aliphatic heterocycles. The highest BCUT2D eigenvalue weighted by molar-refractivity contribution is 5.91. The summed E-state index contributed by atoms with van der Waals surface area (Å²) in [6, 6.07) is 0. The summed E-state index contributed by atoms with van der Waals surface area (Å²) in [5.41, 5.74) is 2.14. The normalized spacial score (nSPS) is 44.0. The Hall–Kier alpha value is -0.630. The standard InChI is InChI=1S/C28H46O2/c1-17(2)18(3)15-26(30)19(4)23-9-10-24-22-8-7-20-16-21(29)11-13-27(20,5)25(22)12-14-28(23,24)6/h16-19,22-26,30H,7-15H2,1-6H3. The molecule has 1 N–H and O–H groups in total. The lowest BCUT2D eigenvalue weighted by molar-refractivity contribution is -0.117. The summed E-state index contributed by atoms with van der Waals surface area (Å²) in [4.78, 5) is 12.1. The molecule has 0 aromatic carbocycles. The molecule has 0 bridgehead atoms. The van der Waals surface area contributed by atoms with Crippen molar-refractivity contribution in [2.45, 2.75) is 105 Å². The first-order chi connectivity index (χ1) is 14.1. The van der Waals surface area contributed by atoms with E-state index in [2.05, 4.69) is 41.5 Å². The molecule has 4 aliphatic rings. The summed E-state index contributed by atoms with van der Waals surface area (Å²) in [5, 5.41) is 11.1. The Morgan fingerprint density at radius 2 is 1.73 bits per heavy atom. The number of aliphatic hydroxyl groups excluding tert-OH is 1. The fourth-order valence-corrected chi connectivity index (χ4v) is 8.60. The molecule has 9 atom stereocenters. The minimum Gasteiger partial charge on any atom is -0.393 e. The molecule has 4 aliphatic carbocycles. The second-order valence-electron chi connectivity index (χ2n) is 12.6. The van der Waals surface area contributed by atoms with Crippen LogP contribution < -0.4 is 0 Å². The maximum Gasteiger partial charge on any atom is 0.155 e. The Kier molecular flexibility index (Phi) is 6.06. The highest BCUT2D eigenvalue weighted by atomic mass is 16.3. The number of fused-ring (bicyclic) bond motifs is 5. The third-order valence-electron chi connectivity index (χ3n) is 11.0. The van der Waals surface area contributed by atoms with E-state index in [0.717, 1.165) is 43.4 Å². The van der Waals surface area contributed by atoms with Gasteiger partial charge in [-0.25, -0.2) is 0 Å². The molecule has 3 saturated carbocycles. The van der Waals surface area contributed by atoms with Gasteiger partial charge in [-0.3, -0.25) is 4.79 Å². The fraction of sp³-hybridized carbons (Fsp3) is 0.893. The van der Waals surface area contributed by atoms with Gasteiger partial charge < -0.3 is 5.11 Å². The molecule has 9 unspecified atom stereocenters. The van der Waals surface area contributed by atoms with Crippen LogP contribution in [0.5, 0.6) is 0 Å². The van der Waals surface area contributed by atoms with E-state index in [1.807, 2.05) is 6.08 Å². The van der Waals surface area contributed by atoms with Crippen molar-refractivity contribution in [3.63, 3.8) is 0 Å². The molecule has 2 nitrogen and oxygen atoms in total. The molecule has 0 aromatic rings. The van der Waals surface area contributed by atoms with Crippen molar-refractivity contribution in [1.29, 1.82) is 0 Å². The maximum absolute atomic E-state index is 12.1. The Labute approximate surface area is 185 Å². The lowest BCUT2D eigenvalue weighted by Crippen LogP contribution is -2.51. The summed E-state index contributed by atoms with van der Waals surface area (Å²) in [5.74, 6) is 5.06. The average molecular weight is 415 g/mol. The number of ketones is 1. The van der Waals surface area contributed by atoms with E-state index >= 15 is 0 Å². The van der Waals surface area contributed by atoms with E-state index in [1.165, 1.54) is 37.7 Å². The van der Waals surface area contributed by atoms with Gasteiger partial charge in [-0.15, -0.1) is 0 Å². The van der Waals surface area contributed by atoms with Crippen LogP contribution >= 0.6 is 0 Å². The zero-order valence-corrected chi connectivity index (χ0v) is 20.4. The van der Waals surface area contributed by atoms with E-state index in [9.17, 15) is 9.90 Å². The highest BCUT2D eigenvalue weighted by Crippen LogP contribution is 2.67. The van der Waals surface area contributed by atoms with Crippen molar-refractivity contribution in [3.8, 4) is 0 Å². The van der Waals surface area contributed by atoms with Gasteiger partial charge in [-0.2, -0.15) is 0 Å². The molecule has 30 heavy (non-hydrogen) atoms. The smallest absolute Gasteiger partial charge is 0.155 e. The number of allylic oxidation sites excluding steroid dienone is 1. The van der Waals surface area contributed by atoms with Crippen LogP contribution in [-0.2, 0) is 4.79 Å². The fourth-order valence-electron chi connectivity index (χ4n) is 8.60. The van der Waals surface area contributed by atoms with E-state index in [0.29, 0.717) is 34.9 Å². The van der Waals surface area contributed by atoms with Crippen molar-refractivity contribution in [2.24, 2.45) is 52.3 Å². The van der Waals surface area contributed by atoms with E-state index in [-0.39, 0.29) is 11.5 Å². The van der Waals surface area contributed by atoms with Gasteiger partial charge in [0, 0.05) is 6.42 Å². The van der Waals surface area contributed by atoms with Crippen molar-refractivity contribution >= 4 is 5.78 Å². The number of carbonyl (C=O) groups is 1. The van der Waals surface area contributed by atoms with Gasteiger partial charge in [-0.1, -0.05) is 47.1 Å². The van der Waals surface area contributed by atoms with E-state index < -0.39 is 0 Å². The van der Waals surface area contributed by atoms with Gasteiger partial charge in [0.15, 0.2) is 5.78 Å². The Morgan fingerprint density at radius 3 is 2.43 bits per heavy atom. The van der Waals surface area contributed by atoms with Gasteiger partial charge in [0.2, 0.25) is 0 Å². The molecule has 2 heteroatoms. The van der Waals surface area contributed by atoms with Gasteiger partial charge in [-0.05, 0) is 110 Å². The van der Waals surface area contributed by atoms with Gasteiger partial charge in [0.05, 0.1) is 6.10 Å². The van der Waals surface area contributed by atoms with Crippen molar-refractivity contribution in [1.82, 2.24) is 0 Å². The SMILES string of the molecule is CC(C)C(C)CC(O)C(C)C1CCC2C3CCC4=CC(=O)CCC4(C)C3CCC12C. The minimum atomic E-state index is -0.163. The number of carbonyl (C=O) groups excluding carboxylic acids is 1. The van der Waals surface area contributed by atoms with Crippen LogP contribution in [0.4, 0.5) is 0 Å². The first-order valence-corrected chi connectivity index (χ1v) is 13.0. The molecule has 3 fully saturated rings. The summed E-state index contributed by atoms with van der Waals surface area (Å²) in [6.07, 6.45) is 12.4. The topological polar surface area (TPSA) is 37.3 Å². The van der Waals surface area contributed by atoms with Crippen molar-refractivity contribution in [2.75, 3.05) is 0 Å². The summed E-state index contributed by atoms with van der Waals surface area (Å²) in [6.45, 7) is 14.3. The van der Waals surface area contributed by atoms with E-state index in [1.54, 1.807) is 0 Å². The Bertz CT molecular complexity index is 693. The third kappa shape index (κ3) is 3.54. The second kappa shape index (κ2) is 8.05. The first-order valence-electron chi connectivity index (χ1n) is 13.0. The number of hydrogen-bond acceptors (Lipinski definition) is 2. The lowest BCUT2D eigenvalue weighted by atomic mass is 9.46. The van der Waals surface area contributed by atoms with Crippen LogP contribution in [0, 0.1) is 52.3 Å². The van der Waals surface area contributed by atoms with Gasteiger partial charge in [0.25, 0.3) is 0 Å². The summed E-state index contributed by atoms with van der Waals surface area (Å²) >= 11 is 0. The van der Waals surface area contributed by atoms with Crippen molar-refractivity contribution < 1.29 is 9.90 Å². The zero-order chi connectivity index (χ0) is 21.8. The molecular weight excluding hydrogens is 368 g/mol. The molecule has 0 spiro atoms. The summed E-state index contributed by atoms with van der Waals surface area (Å²) in [7, 11) is 0. The molecule has 4 rings (SSSR count). The monoisotopic (exact) mass is 414 g/mol.